The number of rotatable bonds is 2. The van der Waals surface area contributed by atoms with Crippen LogP contribution in [0.1, 0.15) is 38.7 Å². The lowest BCUT2D eigenvalue weighted by Gasteiger charge is -2.36. The second-order valence-corrected chi connectivity index (χ2v) is 4.97. The van der Waals surface area contributed by atoms with Crippen molar-refractivity contribution < 1.29 is 10.2 Å². The summed E-state index contributed by atoms with van der Waals surface area (Å²) in [4.78, 5) is 0. The smallest absolute Gasteiger partial charge is 0.166 e. The van der Waals surface area contributed by atoms with Crippen LogP contribution in [0.4, 0.5) is 0 Å². The number of phenolic OH excluding ortho intramolecular Hbond substituents is 2. The number of hydrogen-bond donors (Lipinski definition) is 2. The molecule has 0 aliphatic carbocycles. The van der Waals surface area contributed by atoms with Crippen molar-refractivity contribution in [2.75, 3.05) is 0 Å². The molecule has 2 rings (SSSR count). The summed E-state index contributed by atoms with van der Waals surface area (Å²) in [6, 6.07) is 5.73. The standard InChI is InChI=1S/C14H20N2O2/c1-10-5-3-6-11(2)16(10)15-9-12-7-4-8-13(17)14(12)18/h4,7-11,17-18H,3,5-6H2,1-2H3/b15-9+/t10-,11-/m1/s1. The zero-order valence-electron chi connectivity index (χ0n) is 10.9. The highest BCUT2D eigenvalue weighted by atomic mass is 16.3. The predicted molar refractivity (Wildman–Crippen MR) is 72.0 cm³/mol. The maximum Gasteiger partial charge on any atom is 0.166 e. The summed E-state index contributed by atoms with van der Waals surface area (Å²) in [6.45, 7) is 4.32. The number of para-hydroxylation sites is 1. The maximum absolute atomic E-state index is 9.70. The van der Waals surface area contributed by atoms with Crippen LogP contribution in [0.2, 0.25) is 0 Å². The molecule has 1 aliphatic heterocycles. The van der Waals surface area contributed by atoms with Gasteiger partial charge in [-0.1, -0.05) is 6.07 Å². The van der Waals surface area contributed by atoms with Crippen molar-refractivity contribution in [2.45, 2.75) is 45.2 Å². The third-order valence-electron chi connectivity index (χ3n) is 3.52. The largest absolute Gasteiger partial charge is 0.504 e. The van der Waals surface area contributed by atoms with Crippen molar-refractivity contribution in [2.24, 2.45) is 5.10 Å². The maximum atomic E-state index is 9.70. The van der Waals surface area contributed by atoms with Crippen molar-refractivity contribution in [3.05, 3.63) is 23.8 Å². The van der Waals surface area contributed by atoms with Crippen molar-refractivity contribution in [1.82, 2.24) is 5.01 Å². The van der Waals surface area contributed by atoms with Gasteiger partial charge in [-0.25, -0.2) is 0 Å². The van der Waals surface area contributed by atoms with E-state index >= 15 is 0 Å². The summed E-state index contributed by atoms with van der Waals surface area (Å²) in [5, 5.41) is 25.6. The molecule has 1 fully saturated rings. The van der Waals surface area contributed by atoms with E-state index in [-0.39, 0.29) is 11.5 Å². The zero-order valence-corrected chi connectivity index (χ0v) is 10.9. The average molecular weight is 248 g/mol. The van der Waals surface area contributed by atoms with Gasteiger partial charge in [0, 0.05) is 17.6 Å². The summed E-state index contributed by atoms with van der Waals surface area (Å²) >= 11 is 0. The molecule has 0 radical (unpaired) electrons. The predicted octanol–water partition coefficient (Wildman–Crippen LogP) is 2.69. The molecule has 98 valence electrons. The van der Waals surface area contributed by atoms with E-state index in [0.29, 0.717) is 17.6 Å². The molecule has 0 saturated carbocycles. The third kappa shape index (κ3) is 2.58. The summed E-state index contributed by atoms with van der Waals surface area (Å²) in [7, 11) is 0. The SMILES string of the molecule is C[C@@H]1CCC[C@@H](C)N1/N=C/c1cccc(O)c1O. The van der Waals surface area contributed by atoms with Gasteiger partial charge in [0.15, 0.2) is 11.5 Å². The normalized spacial score (nSPS) is 24.7. The number of hydrogen-bond acceptors (Lipinski definition) is 4. The molecule has 1 heterocycles. The molecule has 18 heavy (non-hydrogen) atoms. The Morgan fingerprint density at radius 1 is 1.22 bits per heavy atom. The monoisotopic (exact) mass is 248 g/mol. The van der Waals surface area contributed by atoms with E-state index in [1.807, 2.05) is 0 Å². The van der Waals surface area contributed by atoms with E-state index in [4.69, 9.17) is 0 Å². The Labute approximate surface area is 108 Å². The average Bonchev–Trinajstić information content (AvgIpc) is 2.33. The molecule has 1 saturated heterocycles. The molecule has 1 aliphatic rings. The fourth-order valence-electron chi connectivity index (χ4n) is 2.42. The van der Waals surface area contributed by atoms with Gasteiger partial charge in [0.05, 0.1) is 6.21 Å². The van der Waals surface area contributed by atoms with Crippen LogP contribution in [-0.2, 0) is 0 Å². The number of piperidine rings is 1. The molecule has 0 aromatic heterocycles. The van der Waals surface area contributed by atoms with Gasteiger partial charge >= 0.3 is 0 Å². The van der Waals surface area contributed by atoms with Gasteiger partial charge in [-0.2, -0.15) is 5.10 Å². The van der Waals surface area contributed by atoms with E-state index in [2.05, 4.69) is 24.0 Å². The number of nitrogens with zero attached hydrogens (tertiary/aromatic N) is 2. The first kappa shape index (κ1) is 12.7. The first-order chi connectivity index (χ1) is 8.59. The van der Waals surface area contributed by atoms with Crippen LogP contribution < -0.4 is 0 Å². The molecule has 4 heteroatoms. The highest BCUT2D eigenvalue weighted by Gasteiger charge is 2.22. The van der Waals surface area contributed by atoms with E-state index in [9.17, 15) is 10.2 Å². The highest BCUT2D eigenvalue weighted by molar-refractivity contribution is 5.84. The van der Waals surface area contributed by atoms with Gasteiger partial charge in [-0.3, -0.25) is 5.01 Å². The van der Waals surface area contributed by atoms with Crippen molar-refractivity contribution in [1.29, 1.82) is 0 Å². The lowest BCUT2D eigenvalue weighted by molar-refractivity contribution is 0.109. The Bertz CT molecular complexity index is 435. The number of hydrazone groups is 1. The fourth-order valence-corrected chi connectivity index (χ4v) is 2.42. The molecule has 0 spiro atoms. The molecular weight excluding hydrogens is 228 g/mol. The molecule has 0 bridgehead atoms. The minimum Gasteiger partial charge on any atom is -0.504 e. The molecule has 4 nitrogen and oxygen atoms in total. The first-order valence-corrected chi connectivity index (χ1v) is 6.43. The molecule has 0 unspecified atom stereocenters. The fraction of sp³-hybridized carbons (Fsp3) is 0.500. The van der Waals surface area contributed by atoms with Crippen LogP contribution in [0.5, 0.6) is 11.5 Å². The molecule has 1 aromatic carbocycles. The first-order valence-electron chi connectivity index (χ1n) is 6.43. The number of phenols is 2. The van der Waals surface area contributed by atoms with Crippen LogP contribution in [0.25, 0.3) is 0 Å². The highest BCUT2D eigenvalue weighted by Crippen LogP contribution is 2.27. The Morgan fingerprint density at radius 3 is 2.56 bits per heavy atom. The third-order valence-corrected chi connectivity index (χ3v) is 3.52. The van der Waals surface area contributed by atoms with Crippen molar-refractivity contribution in [3.8, 4) is 11.5 Å². The Balaban J connectivity index is 2.16. The van der Waals surface area contributed by atoms with E-state index < -0.39 is 0 Å². The van der Waals surface area contributed by atoms with Gasteiger partial charge in [-0.05, 0) is 45.2 Å². The zero-order chi connectivity index (χ0) is 13.1. The lowest BCUT2D eigenvalue weighted by atomic mass is 10.00. The summed E-state index contributed by atoms with van der Waals surface area (Å²) < 4.78 is 0. The summed E-state index contributed by atoms with van der Waals surface area (Å²) in [6.07, 6.45) is 5.15. The van der Waals surface area contributed by atoms with Crippen LogP contribution in [0, 0.1) is 0 Å². The molecule has 2 N–H and O–H groups in total. The molecule has 0 amide bonds. The number of aromatic hydroxyl groups is 2. The van der Waals surface area contributed by atoms with Crippen molar-refractivity contribution >= 4 is 6.21 Å². The number of benzene rings is 1. The molecule has 1 aromatic rings. The topological polar surface area (TPSA) is 56.1 Å². The van der Waals surface area contributed by atoms with Crippen LogP contribution in [-0.4, -0.2) is 33.5 Å². The van der Waals surface area contributed by atoms with E-state index in [1.165, 1.54) is 12.5 Å². The molecule has 2 atom stereocenters. The van der Waals surface area contributed by atoms with Gasteiger partial charge < -0.3 is 10.2 Å². The van der Waals surface area contributed by atoms with Gasteiger partial charge in [0.1, 0.15) is 0 Å². The Morgan fingerprint density at radius 2 is 1.89 bits per heavy atom. The van der Waals surface area contributed by atoms with Gasteiger partial charge in [0.2, 0.25) is 0 Å². The minimum atomic E-state index is -0.112. The quantitative estimate of drug-likeness (QED) is 0.625. The second kappa shape index (κ2) is 5.29. The summed E-state index contributed by atoms with van der Waals surface area (Å²) in [5.74, 6) is -0.225. The van der Waals surface area contributed by atoms with E-state index in [0.717, 1.165) is 12.8 Å². The van der Waals surface area contributed by atoms with Crippen LogP contribution >= 0.6 is 0 Å². The van der Waals surface area contributed by atoms with Crippen LogP contribution in [0.15, 0.2) is 23.3 Å². The van der Waals surface area contributed by atoms with Crippen LogP contribution in [0.3, 0.4) is 0 Å². The van der Waals surface area contributed by atoms with E-state index in [1.54, 1.807) is 18.3 Å². The lowest BCUT2D eigenvalue weighted by Crippen LogP contribution is -2.39. The Hall–Kier alpha value is -1.71. The Kier molecular flexibility index (Phi) is 3.75. The van der Waals surface area contributed by atoms with Gasteiger partial charge in [0.25, 0.3) is 0 Å². The second-order valence-electron chi connectivity index (χ2n) is 4.97. The summed E-state index contributed by atoms with van der Waals surface area (Å²) in [5.41, 5.74) is 0.542. The minimum absolute atomic E-state index is 0.112. The molecular formula is C14H20N2O2. The van der Waals surface area contributed by atoms with Gasteiger partial charge in [-0.15, -0.1) is 0 Å². The van der Waals surface area contributed by atoms with Crippen molar-refractivity contribution in [3.63, 3.8) is 0 Å².